The summed E-state index contributed by atoms with van der Waals surface area (Å²) in [5.41, 5.74) is 1.13. The third kappa shape index (κ3) is 3.26. The molecular formula is C18H26N4O. The standard InChI is InChI=1S/C18H26N4O/c1-21-16(18(23)20-9-13-5-6-13)8-14-10-22(12-17(14)21)11-15-4-2-3-7-19-15/h2-4,7,13-14,16-17H,5-6,8-12H2,1H3,(H,20,23)/t14-,16-,17+/m0/s1. The van der Waals surface area contributed by atoms with Crippen molar-refractivity contribution in [1.29, 1.82) is 0 Å². The molecule has 1 amide bonds. The van der Waals surface area contributed by atoms with Crippen LogP contribution < -0.4 is 5.32 Å². The summed E-state index contributed by atoms with van der Waals surface area (Å²) in [5, 5.41) is 3.15. The second-order valence-electron chi connectivity index (χ2n) is 7.45. The SMILES string of the molecule is CN1[C@@H]2CN(Cc3ccccn3)C[C@@H]2C[C@H]1C(=O)NCC1CC1. The minimum absolute atomic E-state index is 0.0701. The highest BCUT2D eigenvalue weighted by Gasteiger charge is 2.47. The molecule has 4 rings (SSSR count). The lowest BCUT2D eigenvalue weighted by atomic mass is 10.0. The first-order valence-corrected chi connectivity index (χ1v) is 8.82. The molecule has 5 nitrogen and oxygen atoms in total. The lowest BCUT2D eigenvalue weighted by molar-refractivity contribution is -0.125. The number of carbonyl (C=O) groups is 1. The van der Waals surface area contributed by atoms with Crippen molar-refractivity contribution in [2.75, 3.05) is 26.7 Å². The summed E-state index contributed by atoms with van der Waals surface area (Å²) in [4.78, 5) is 21.6. The van der Waals surface area contributed by atoms with Gasteiger partial charge in [0.15, 0.2) is 0 Å². The van der Waals surface area contributed by atoms with E-state index in [0.717, 1.165) is 44.2 Å². The Hall–Kier alpha value is -1.46. The molecule has 3 atom stereocenters. The average molecular weight is 314 g/mol. The number of carbonyl (C=O) groups excluding carboxylic acids is 1. The molecule has 0 aromatic carbocycles. The number of nitrogens with zero attached hydrogens (tertiary/aromatic N) is 3. The number of pyridine rings is 1. The molecule has 1 aliphatic carbocycles. The zero-order valence-corrected chi connectivity index (χ0v) is 13.8. The van der Waals surface area contributed by atoms with Crippen molar-refractivity contribution in [1.82, 2.24) is 20.1 Å². The van der Waals surface area contributed by atoms with E-state index in [1.807, 2.05) is 18.3 Å². The van der Waals surface area contributed by atoms with Gasteiger partial charge in [0.25, 0.3) is 0 Å². The van der Waals surface area contributed by atoms with Crippen molar-refractivity contribution in [3.8, 4) is 0 Å². The smallest absolute Gasteiger partial charge is 0.237 e. The fraction of sp³-hybridized carbons (Fsp3) is 0.667. The van der Waals surface area contributed by atoms with E-state index in [2.05, 4.69) is 33.2 Å². The maximum Gasteiger partial charge on any atom is 0.237 e. The van der Waals surface area contributed by atoms with Crippen LogP contribution in [0.5, 0.6) is 0 Å². The highest BCUT2D eigenvalue weighted by Crippen LogP contribution is 2.35. The Balaban J connectivity index is 1.31. The number of aromatic nitrogens is 1. The molecule has 0 bridgehead atoms. The van der Waals surface area contributed by atoms with Crippen molar-refractivity contribution in [2.24, 2.45) is 11.8 Å². The van der Waals surface area contributed by atoms with E-state index in [0.29, 0.717) is 12.0 Å². The molecule has 2 saturated heterocycles. The van der Waals surface area contributed by atoms with Crippen LogP contribution in [0.1, 0.15) is 25.0 Å². The van der Waals surface area contributed by atoms with Gasteiger partial charge in [0.1, 0.15) is 0 Å². The zero-order chi connectivity index (χ0) is 15.8. The van der Waals surface area contributed by atoms with Crippen LogP contribution in [0.2, 0.25) is 0 Å². The third-order valence-corrected chi connectivity index (χ3v) is 5.70. The van der Waals surface area contributed by atoms with Gasteiger partial charge in [0.2, 0.25) is 5.91 Å². The van der Waals surface area contributed by atoms with Gasteiger partial charge >= 0.3 is 0 Å². The lowest BCUT2D eigenvalue weighted by Crippen LogP contribution is -2.46. The molecule has 0 radical (unpaired) electrons. The second kappa shape index (κ2) is 6.21. The first kappa shape index (κ1) is 15.1. The number of fused-ring (bicyclic) bond motifs is 1. The molecule has 3 aliphatic rings. The lowest BCUT2D eigenvalue weighted by Gasteiger charge is -2.26. The van der Waals surface area contributed by atoms with Crippen molar-refractivity contribution >= 4 is 5.91 Å². The van der Waals surface area contributed by atoms with Gasteiger partial charge in [-0.25, -0.2) is 0 Å². The molecule has 124 valence electrons. The summed E-state index contributed by atoms with van der Waals surface area (Å²) >= 11 is 0. The van der Waals surface area contributed by atoms with Crippen LogP contribution in [0.3, 0.4) is 0 Å². The quantitative estimate of drug-likeness (QED) is 0.884. The summed E-state index contributed by atoms with van der Waals surface area (Å²) in [7, 11) is 2.12. The largest absolute Gasteiger partial charge is 0.354 e. The number of nitrogens with one attached hydrogen (secondary N) is 1. The van der Waals surface area contributed by atoms with E-state index in [9.17, 15) is 4.79 Å². The van der Waals surface area contributed by atoms with Gasteiger partial charge in [0.05, 0.1) is 11.7 Å². The predicted octanol–water partition coefficient (Wildman–Crippen LogP) is 1.11. The number of hydrogen-bond donors (Lipinski definition) is 1. The molecule has 2 aliphatic heterocycles. The maximum atomic E-state index is 12.4. The van der Waals surface area contributed by atoms with E-state index in [4.69, 9.17) is 0 Å². The van der Waals surface area contributed by atoms with Gasteiger partial charge in [-0.3, -0.25) is 19.6 Å². The number of rotatable bonds is 5. The predicted molar refractivity (Wildman–Crippen MR) is 88.7 cm³/mol. The van der Waals surface area contributed by atoms with Crippen molar-refractivity contribution in [3.05, 3.63) is 30.1 Å². The number of amides is 1. The van der Waals surface area contributed by atoms with Crippen molar-refractivity contribution < 1.29 is 4.79 Å². The average Bonchev–Trinajstić information content (AvgIpc) is 3.23. The fourth-order valence-corrected chi connectivity index (χ4v) is 4.15. The maximum absolute atomic E-state index is 12.4. The Labute approximate surface area is 138 Å². The number of hydrogen-bond acceptors (Lipinski definition) is 4. The molecule has 1 aromatic rings. The van der Waals surface area contributed by atoms with Gasteiger partial charge in [-0.05, 0) is 50.3 Å². The summed E-state index contributed by atoms with van der Waals surface area (Å²) in [6.45, 7) is 3.92. The van der Waals surface area contributed by atoms with Crippen LogP contribution in [-0.4, -0.2) is 59.5 Å². The summed E-state index contributed by atoms with van der Waals surface area (Å²) in [6, 6.07) is 6.68. The first-order valence-electron chi connectivity index (χ1n) is 8.82. The fourth-order valence-electron chi connectivity index (χ4n) is 4.15. The molecule has 1 N–H and O–H groups in total. The first-order chi connectivity index (χ1) is 11.2. The Morgan fingerprint density at radius 3 is 2.91 bits per heavy atom. The van der Waals surface area contributed by atoms with Crippen LogP contribution in [0, 0.1) is 11.8 Å². The van der Waals surface area contributed by atoms with Crippen LogP contribution in [0.15, 0.2) is 24.4 Å². The highest BCUT2D eigenvalue weighted by atomic mass is 16.2. The molecule has 3 heterocycles. The van der Waals surface area contributed by atoms with Gasteiger partial charge in [-0.2, -0.15) is 0 Å². The van der Waals surface area contributed by atoms with Crippen LogP contribution in [0.4, 0.5) is 0 Å². The topological polar surface area (TPSA) is 48.5 Å². The molecule has 23 heavy (non-hydrogen) atoms. The van der Waals surface area contributed by atoms with Crippen molar-refractivity contribution in [2.45, 2.75) is 37.9 Å². The van der Waals surface area contributed by atoms with Crippen LogP contribution in [0.25, 0.3) is 0 Å². The minimum Gasteiger partial charge on any atom is -0.354 e. The van der Waals surface area contributed by atoms with Gasteiger partial charge in [0, 0.05) is 38.4 Å². The minimum atomic E-state index is 0.0701. The molecule has 1 aromatic heterocycles. The molecule has 1 saturated carbocycles. The second-order valence-corrected chi connectivity index (χ2v) is 7.45. The third-order valence-electron chi connectivity index (χ3n) is 5.70. The van der Waals surface area contributed by atoms with Crippen molar-refractivity contribution in [3.63, 3.8) is 0 Å². The summed E-state index contributed by atoms with van der Waals surface area (Å²) < 4.78 is 0. The molecule has 0 unspecified atom stereocenters. The summed E-state index contributed by atoms with van der Waals surface area (Å²) in [5.74, 6) is 1.60. The van der Waals surface area contributed by atoms with E-state index >= 15 is 0 Å². The molecular weight excluding hydrogens is 288 g/mol. The Morgan fingerprint density at radius 1 is 1.35 bits per heavy atom. The number of likely N-dealkylation sites (tertiary alicyclic amines) is 2. The highest BCUT2D eigenvalue weighted by molar-refractivity contribution is 5.82. The Kier molecular flexibility index (Phi) is 4.07. The number of likely N-dealkylation sites (N-methyl/N-ethyl adjacent to an activating group) is 1. The van der Waals surface area contributed by atoms with Crippen LogP contribution >= 0.6 is 0 Å². The van der Waals surface area contributed by atoms with Gasteiger partial charge < -0.3 is 5.32 Å². The Morgan fingerprint density at radius 2 is 2.22 bits per heavy atom. The van der Waals surface area contributed by atoms with E-state index in [-0.39, 0.29) is 11.9 Å². The van der Waals surface area contributed by atoms with Gasteiger partial charge in [-0.1, -0.05) is 6.07 Å². The normalized spacial score (nSPS) is 31.3. The molecule has 3 fully saturated rings. The van der Waals surface area contributed by atoms with E-state index in [1.165, 1.54) is 12.8 Å². The summed E-state index contributed by atoms with van der Waals surface area (Å²) in [6.07, 6.45) is 5.43. The molecule has 5 heteroatoms. The molecule has 0 spiro atoms. The Bertz CT molecular complexity index is 559. The van der Waals surface area contributed by atoms with E-state index in [1.54, 1.807) is 0 Å². The van der Waals surface area contributed by atoms with Gasteiger partial charge in [-0.15, -0.1) is 0 Å². The monoisotopic (exact) mass is 314 g/mol. The van der Waals surface area contributed by atoms with E-state index < -0.39 is 0 Å². The zero-order valence-electron chi connectivity index (χ0n) is 13.8. The van der Waals surface area contributed by atoms with Crippen LogP contribution in [-0.2, 0) is 11.3 Å².